The molecular weight excluding hydrogens is 262 g/mol. The first-order valence-corrected chi connectivity index (χ1v) is 6.65. The van der Waals surface area contributed by atoms with Crippen LogP contribution in [0.2, 0.25) is 5.02 Å². The van der Waals surface area contributed by atoms with E-state index in [0.717, 1.165) is 23.9 Å². The number of hydrogen-bond acceptors (Lipinski definition) is 2. The van der Waals surface area contributed by atoms with Gasteiger partial charge < -0.3 is 15.2 Å². The number of fused-ring (bicyclic) bond motifs is 1. The van der Waals surface area contributed by atoms with Crippen LogP contribution in [-0.4, -0.2) is 43.0 Å². The molecule has 5 heteroatoms. The van der Waals surface area contributed by atoms with Gasteiger partial charge >= 0.3 is 0 Å². The van der Waals surface area contributed by atoms with Crippen LogP contribution < -0.4 is 5.32 Å². The predicted octanol–water partition coefficient (Wildman–Crippen LogP) is 2.50. The predicted molar refractivity (Wildman–Crippen MR) is 78.8 cm³/mol. The molecule has 19 heavy (non-hydrogen) atoms. The maximum Gasteiger partial charge on any atom is 0.267 e. The fourth-order valence-electron chi connectivity index (χ4n) is 1.91. The molecule has 1 heterocycles. The lowest BCUT2D eigenvalue weighted by Gasteiger charge is -2.09. The molecule has 0 radical (unpaired) electrons. The minimum atomic E-state index is -0.0777. The normalized spacial score (nSPS) is 11.2. The molecule has 0 aliphatic carbocycles. The Hall–Kier alpha value is -1.52. The van der Waals surface area contributed by atoms with Crippen LogP contribution in [0, 0.1) is 0 Å². The lowest BCUT2D eigenvalue weighted by atomic mass is 10.2. The Morgan fingerprint density at radius 1 is 1.37 bits per heavy atom. The first-order chi connectivity index (χ1) is 9.06. The molecule has 102 valence electrons. The summed E-state index contributed by atoms with van der Waals surface area (Å²) in [6, 6.07) is 7.38. The van der Waals surface area contributed by atoms with Gasteiger partial charge in [-0.15, -0.1) is 0 Å². The summed E-state index contributed by atoms with van der Waals surface area (Å²) in [5.74, 6) is -0.0777. The maximum absolute atomic E-state index is 12.0. The Balaban J connectivity index is 1.97. The van der Waals surface area contributed by atoms with Crippen LogP contribution in [0.1, 0.15) is 16.9 Å². The van der Waals surface area contributed by atoms with E-state index in [1.54, 1.807) is 0 Å². The highest BCUT2D eigenvalue weighted by atomic mass is 35.5. The van der Waals surface area contributed by atoms with Crippen molar-refractivity contribution in [2.75, 3.05) is 27.2 Å². The van der Waals surface area contributed by atoms with Gasteiger partial charge in [-0.2, -0.15) is 0 Å². The van der Waals surface area contributed by atoms with Crippen molar-refractivity contribution in [3.63, 3.8) is 0 Å². The lowest BCUT2D eigenvalue weighted by Crippen LogP contribution is -2.27. The van der Waals surface area contributed by atoms with Crippen molar-refractivity contribution in [3.8, 4) is 0 Å². The molecule has 0 saturated heterocycles. The van der Waals surface area contributed by atoms with Crippen LogP contribution in [0.15, 0.2) is 24.3 Å². The van der Waals surface area contributed by atoms with Crippen molar-refractivity contribution in [1.82, 2.24) is 15.2 Å². The number of H-pyrrole nitrogens is 1. The number of rotatable bonds is 5. The zero-order chi connectivity index (χ0) is 13.8. The van der Waals surface area contributed by atoms with E-state index in [0.29, 0.717) is 17.3 Å². The number of carbonyl (C=O) groups excluding carboxylic acids is 1. The summed E-state index contributed by atoms with van der Waals surface area (Å²) in [7, 11) is 4.03. The number of nitrogens with zero attached hydrogens (tertiary/aromatic N) is 1. The Kier molecular flexibility index (Phi) is 4.45. The van der Waals surface area contributed by atoms with Crippen LogP contribution in [0.25, 0.3) is 10.9 Å². The summed E-state index contributed by atoms with van der Waals surface area (Å²) in [4.78, 5) is 17.1. The molecule has 4 nitrogen and oxygen atoms in total. The minimum Gasteiger partial charge on any atom is -0.351 e. The van der Waals surface area contributed by atoms with Gasteiger partial charge in [0.05, 0.1) is 0 Å². The number of aromatic amines is 1. The smallest absolute Gasteiger partial charge is 0.267 e. The Morgan fingerprint density at radius 2 is 2.16 bits per heavy atom. The lowest BCUT2D eigenvalue weighted by molar-refractivity contribution is 0.0948. The molecule has 1 aromatic carbocycles. The number of hydrogen-bond donors (Lipinski definition) is 2. The molecule has 0 aliphatic heterocycles. The van der Waals surface area contributed by atoms with E-state index in [2.05, 4.69) is 15.2 Å². The molecule has 0 spiro atoms. The number of aromatic nitrogens is 1. The van der Waals surface area contributed by atoms with Gasteiger partial charge in [-0.3, -0.25) is 4.79 Å². The van der Waals surface area contributed by atoms with Crippen molar-refractivity contribution < 1.29 is 4.79 Å². The number of halogens is 1. The van der Waals surface area contributed by atoms with E-state index in [1.807, 2.05) is 38.4 Å². The summed E-state index contributed by atoms with van der Waals surface area (Å²) < 4.78 is 0. The summed E-state index contributed by atoms with van der Waals surface area (Å²) in [6.07, 6.45) is 0.935. The first-order valence-electron chi connectivity index (χ1n) is 6.27. The van der Waals surface area contributed by atoms with Crippen LogP contribution in [0.3, 0.4) is 0 Å². The first kappa shape index (κ1) is 13.9. The molecule has 1 aromatic heterocycles. The standard InChI is InChI=1S/C14H18ClN3O/c1-18(2)7-3-6-16-14(19)13-8-10-4-5-11(15)9-12(10)17-13/h4-5,8-9,17H,3,6-7H2,1-2H3,(H,16,19). The van der Waals surface area contributed by atoms with Crippen LogP contribution in [0.4, 0.5) is 0 Å². The van der Waals surface area contributed by atoms with E-state index < -0.39 is 0 Å². The zero-order valence-electron chi connectivity index (χ0n) is 11.2. The maximum atomic E-state index is 12.0. The van der Waals surface area contributed by atoms with Crippen molar-refractivity contribution in [2.45, 2.75) is 6.42 Å². The molecule has 2 aromatic rings. The highest BCUT2D eigenvalue weighted by Crippen LogP contribution is 2.19. The van der Waals surface area contributed by atoms with Crippen molar-refractivity contribution in [1.29, 1.82) is 0 Å². The summed E-state index contributed by atoms with van der Waals surface area (Å²) in [5.41, 5.74) is 1.45. The van der Waals surface area contributed by atoms with Crippen molar-refractivity contribution in [3.05, 3.63) is 35.0 Å². The van der Waals surface area contributed by atoms with Crippen LogP contribution in [0.5, 0.6) is 0 Å². The largest absolute Gasteiger partial charge is 0.351 e. The summed E-state index contributed by atoms with van der Waals surface area (Å²) >= 11 is 5.91. The van der Waals surface area contributed by atoms with Crippen molar-refractivity contribution >= 4 is 28.4 Å². The van der Waals surface area contributed by atoms with Gasteiger partial charge in [-0.05, 0) is 45.3 Å². The third-order valence-corrected chi connectivity index (χ3v) is 3.13. The van der Waals surface area contributed by atoms with E-state index in [4.69, 9.17) is 11.6 Å². The summed E-state index contributed by atoms with van der Waals surface area (Å²) in [5, 5.41) is 4.55. The van der Waals surface area contributed by atoms with Gasteiger partial charge in [-0.25, -0.2) is 0 Å². The SMILES string of the molecule is CN(C)CCCNC(=O)c1cc2ccc(Cl)cc2[nH]1. The number of benzene rings is 1. The average molecular weight is 280 g/mol. The second-order valence-electron chi connectivity index (χ2n) is 4.83. The Bertz CT molecular complexity index is 577. The highest BCUT2D eigenvalue weighted by Gasteiger charge is 2.08. The van der Waals surface area contributed by atoms with E-state index in [1.165, 1.54) is 0 Å². The molecular formula is C14H18ClN3O. The van der Waals surface area contributed by atoms with E-state index in [9.17, 15) is 4.79 Å². The Labute approximate surface area is 117 Å². The minimum absolute atomic E-state index is 0.0777. The quantitative estimate of drug-likeness (QED) is 0.826. The number of nitrogens with one attached hydrogen (secondary N) is 2. The average Bonchev–Trinajstić information content (AvgIpc) is 2.77. The Morgan fingerprint density at radius 3 is 2.89 bits per heavy atom. The van der Waals surface area contributed by atoms with Gasteiger partial charge in [0.25, 0.3) is 5.91 Å². The zero-order valence-corrected chi connectivity index (χ0v) is 11.9. The molecule has 0 bridgehead atoms. The number of carbonyl (C=O) groups is 1. The molecule has 0 saturated carbocycles. The van der Waals surface area contributed by atoms with Gasteiger partial charge in [-0.1, -0.05) is 17.7 Å². The molecule has 0 unspecified atom stereocenters. The number of amides is 1. The van der Waals surface area contributed by atoms with Gasteiger partial charge in [0.2, 0.25) is 0 Å². The van der Waals surface area contributed by atoms with Gasteiger partial charge in [0, 0.05) is 22.5 Å². The fourth-order valence-corrected chi connectivity index (χ4v) is 2.09. The van der Waals surface area contributed by atoms with Gasteiger partial charge in [0.15, 0.2) is 0 Å². The van der Waals surface area contributed by atoms with E-state index >= 15 is 0 Å². The third-order valence-electron chi connectivity index (χ3n) is 2.90. The van der Waals surface area contributed by atoms with E-state index in [-0.39, 0.29) is 5.91 Å². The second-order valence-corrected chi connectivity index (χ2v) is 5.26. The van der Waals surface area contributed by atoms with Crippen LogP contribution >= 0.6 is 11.6 Å². The molecule has 0 fully saturated rings. The second kappa shape index (κ2) is 6.08. The topological polar surface area (TPSA) is 48.1 Å². The molecule has 2 rings (SSSR count). The van der Waals surface area contributed by atoms with Gasteiger partial charge in [0.1, 0.15) is 5.69 Å². The monoisotopic (exact) mass is 279 g/mol. The molecule has 0 aliphatic rings. The summed E-state index contributed by atoms with van der Waals surface area (Å²) in [6.45, 7) is 1.63. The highest BCUT2D eigenvalue weighted by molar-refractivity contribution is 6.31. The molecule has 0 atom stereocenters. The fraction of sp³-hybridized carbons (Fsp3) is 0.357. The third kappa shape index (κ3) is 3.72. The molecule has 1 amide bonds. The van der Waals surface area contributed by atoms with Crippen molar-refractivity contribution in [2.24, 2.45) is 0 Å². The van der Waals surface area contributed by atoms with Crippen LogP contribution in [-0.2, 0) is 0 Å². The molecule has 2 N–H and O–H groups in total.